The first-order chi connectivity index (χ1) is 8.06. The molecule has 0 aliphatic rings. The van der Waals surface area contributed by atoms with Gasteiger partial charge in [0.05, 0.1) is 23.1 Å². The minimum Gasteiger partial charge on any atom is -0.395 e. The molecule has 0 atom stereocenters. The molecule has 6 heteroatoms. The molecule has 0 fully saturated rings. The second-order valence-corrected chi connectivity index (χ2v) is 5.29. The lowest BCUT2D eigenvalue weighted by Crippen LogP contribution is -2.33. The van der Waals surface area contributed by atoms with Gasteiger partial charge in [-0.2, -0.15) is 9.57 Å². The molecular weight excluding hydrogens is 240 g/mol. The number of aliphatic hydroxyl groups is 1. The fourth-order valence-electron chi connectivity index (χ4n) is 1.41. The number of aliphatic hydroxyl groups excluding tert-OH is 1. The molecule has 1 aromatic rings. The van der Waals surface area contributed by atoms with Crippen LogP contribution < -0.4 is 0 Å². The molecule has 0 saturated carbocycles. The van der Waals surface area contributed by atoms with Gasteiger partial charge in [-0.05, 0) is 24.3 Å². The summed E-state index contributed by atoms with van der Waals surface area (Å²) in [7, 11) is -3.57. The van der Waals surface area contributed by atoms with E-state index in [4.69, 9.17) is 10.4 Å². The molecule has 1 N–H and O–H groups in total. The summed E-state index contributed by atoms with van der Waals surface area (Å²) in [6.45, 7) is 1.85. The number of nitriles is 1. The molecule has 0 amide bonds. The lowest BCUT2D eigenvalue weighted by Gasteiger charge is -2.19. The molecule has 1 aromatic carbocycles. The number of sulfonamides is 1. The van der Waals surface area contributed by atoms with Crippen LogP contribution in [0.5, 0.6) is 0 Å². The molecule has 0 saturated heterocycles. The molecule has 0 bridgehead atoms. The number of hydrogen-bond acceptors (Lipinski definition) is 4. The number of nitrogens with zero attached hydrogens (tertiary/aromatic N) is 2. The summed E-state index contributed by atoms with van der Waals surface area (Å²) in [5, 5.41) is 17.4. The molecule has 0 spiro atoms. The van der Waals surface area contributed by atoms with Gasteiger partial charge in [0, 0.05) is 13.1 Å². The van der Waals surface area contributed by atoms with Crippen LogP contribution in [0.1, 0.15) is 12.5 Å². The average Bonchev–Trinajstić information content (AvgIpc) is 2.35. The number of benzene rings is 1. The van der Waals surface area contributed by atoms with Crippen molar-refractivity contribution < 1.29 is 13.5 Å². The van der Waals surface area contributed by atoms with Crippen molar-refractivity contribution in [2.75, 3.05) is 19.7 Å². The zero-order chi connectivity index (χ0) is 12.9. The van der Waals surface area contributed by atoms with Gasteiger partial charge in [-0.15, -0.1) is 0 Å². The van der Waals surface area contributed by atoms with Crippen molar-refractivity contribution in [3.63, 3.8) is 0 Å². The van der Waals surface area contributed by atoms with Crippen molar-refractivity contribution in [2.45, 2.75) is 11.8 Å². The van der Waals surface area contributed by atoms with E-state index < -0.39 is 10.0 Å². The highest BCUT2D eigenvalue weighted by Gasteiger charge is 2.22. The van der Waals surface area contributed by atoms with Gasteiger partial charge in [0.15, 0.2) is 0 Å². The van der Waals surface area contributed by atoms with Crippen LogP contribution in [0, 0.1) is 11.3 Å². The van der Waals surface area contributed by atoms with E-state index in [2.05, 4.69) is 0 Å². The van der Waals surface area contributed by atoms with E-state index in [-0.39, 0.29) is 18.0 Å². The lowest BCUT2D eigenvalue weighted by atomic mass is 10.2. The largest absolute Gasteiger partial charge is 0.395 e. The molecule has 0 aliphatic heterocycles. The highest BCUT2D eigenvalue weighted by molar-refractivity contribution is 7.89. The SMILES string of the molecule is CCN(CCO)S(=O)(=O)c1ccc(C#N)cc1. The van der Waals surface area contributed by atoms with Gasteiger partial charge in [-0.25, -0.2) is 8.42 Å². The van der Waals surface area contributed by atoms with E-state index >= 15 is 0 Å². The maximum absolute atomic E-state index is 12.1. The van der Waals surface area contributed by atoms with E-state index in [1.165, 1.54) is 28.6 Å². The summed E-state index contributed by atoms with van der Waals surface area (Å²) in [4.78, 5) is 0.131. The molecule has 17 heavy (non-hydrogen) atoms. The first-order valence-corrected chi connectivity index (χ1v) is 6.61. The van der Waals surface area contributed by atoms with E-state index in [0.717, 1.165) is 0 Å². The Morgan fingerprint density at radius 3 is 2.35 bits per heavy atom. The van der Waals surface area contributed by atoms with Gasteiger partial charge in [0.25, 0.3) is 0 Å². The van der Waals surface area contributed by atoms with E-state index in [1.54, 1.807) is 6.92 Å². The minimum absolute atomic E-state index is 0.0683. The molecule has 0 heterocycles. The van der Waals surface area contributed by atoms with Crippen molar-refractivity contribution in [2.24, 2.45) is 0 Å². The first kappa shape index (κ1) is 13.6. The highest BCUT2D eigenvalue weighted by atomic mass is 32.2. The lowest BCUT2D eigenvalue weighted by molar-refractivity contribution is 0.257. The van der Waals surface area contributed by atoms with Crippen LogP contribution in [-0.4, -0.2) is 37.5 Å². The van der Waals surface area contributed by atoms with Crippen molar-refractivity contribution in [1.82, 2.24) is 4.31 Å². The summed E-state index contributed by atoms with van der Waals surface area (Å²) in [5.74, 6) is 0. The van der Waals surface area contributed by atoms with Crippen molar-refractivity contribution >= 4 is 10.0 Å². The highest BCUT2D eigenvalue weighted by Crippen LogP contribution is 2.15. The first-order valence-electron chi connectivity index (χ1n) is 5.17. The van der Waals surface area contributed by atoms with Crippen LogP contribution in [0.4, 0.5) is 0 Å². The van der Waals surface area contributed by atoms with Gasteiger partial charge in [0.1, 0.15) is 0 Å². The maximum atomic E-state index is 12.1. The van der Waals surface area contributed by atoms with E-state index in [0.29, 0.717) is 12.1 Å². The minimum atomic E-state index is -3.57. The Kier molecular flexibility index (Phi) is 4.63. The maximum Gasteiger partial charge on any atom is 0.243 e. The zero-order valence-corrected chi connectivity index (χ0v) is 10.3. The fourth-order valence-corrected chi connectivity index (χ4v) is 2.85. The van der Waals surface area contributed by atoms with Gasteiger partial charge in [0.2, 0.25) is 10.0 Å². The molecule has 0 unspecified atom stereocenters. The Bertz CT molecular complexity index is 503. The Balaban J connectivity index is 3.08. The number of hydrogen-bond donors (Lipinski definition) is 1. The molecule has 92 valence electrons. The van der Waals surface area contributed by atoms with Gasteiger partial charge in [-0.1, -0.05) is 6.92 Å². The summed E-state index contributed by atoms with van der Waals surface area (Å²) in [6.07, 6.45) is 0. The topological polar surface area (TPSA) is 81.4 Å². The number of rotatable bonds is 5. The molecule has 1 rings (SSSR count). The number of likely N-dealkylation sites (N-methyl/N-ethyl adjacent to an activating group) is 1. The third-order valence-electron chi connectivity index (χ3n) is 2.32. The molecule has 0 aromatic heterocycles. The smallest absolute Gasteiger partial charge is 0.243 e. The third-order valence-corrected chi connectivity index (χ3v) is 4.31. The summed E-state index contributed by atoms with van der Waals surface area (Å²) in [6, 6.07) is 7.64. The Hall–Kier alpha value is -1.42. The predicted molar refractivity (Wildman–Crippen MR) is 62.7 cm³/mol. The quantitative estimate of drug-likeness (QED) is 0.832. The molecule has 0 radical (unpaired) electrons. The standard InChI is InChI=1S/C11H14N2O3S/c1-2-13(7-8-14)17(15,16)11-5-3-10(9-12)4-6-11/h3-6,14H,2,7-8H2,1H3. The molecular formula is C11H14N2O3S. The Morgan fingerprint density at radius 2 is 1.94 bits per heavy atom. The van der Waals surface area contributed by atoms with Gasteiger partial charge in [-0.3, -0.25) is 0 Å². The van der Waals surface area contributed by atoms with Crippen LogP contribution in [0.3, 0.4) is 0 Å². The third kappa shape index (κ3) is 3.03. The zero-order valence-electron chi connectivity index (χ0n) is 9.50. The molecule has 0 aliphatic carbocycles. The van der Waals surface area contributed by atoms with E-state index in [1.807, 2.05) is 6.07 Å². The normalized spacial score (nSPS) is 11.4. The summed E-state index contributed by atoms with van der Waals surface area (Å²) >= 11 is 0. The monoisotopic (exact) mass is 254 g/mol. The summed E-state index contributed by atoms with van der Waals surface area (Å²) < 4.78 is 25.4. The Labute approximate surface area is 101 Å². The van der Waals surface area contributed by atoms with Crippen LogP contribution in [0.15, 0.2) is 29.2 Å². The van der Waals surface area contributed by atoms with Crippen molar-refractivity contribution in [1.29, 1.82) is 5.26 Å². The fraction of sp³-hybridized carbons (Fsp3) is 0.364. The average molecular weight is 254 g/mol. The second kappa shape index (κ2) is 5.77. The van der Waals surface area contributed by atoms with Crippen molar-refractivity contribution in [3.8, 4) is 6.07 Å². The Morgan fingerprint density at radius 1 is 1.35 bits per heavy atom. The van der Waals surface area contributed by atoms with Crippen LogP contribution >= 0.6 is 0 Å². The van der Waals surface area contributed by atoms with E-state index in [9.17, 15) is 8.42 Å². The van der Waals surface area contributed by atoms with Crippen LogP contribution in [0.2, 0.25) is 0 Å². The van der Waals surface area contributed by atoms with Gasteiger partial charge < -0.3 is 5.11 Å². The van der Waals surface area contributed by atoms with Gasteiger partial charge >= 0.3 is 0 Å². The molecule has 5 nitrogen and oxygen atoms in total. The van der Waals surface area contributed by atoms with Crippen LogP contribution in [-0.2, 0) is 10.0 Å². The predicted octanol–water partition coefficient (Wildman–Crippen LogP) is 0.561. The van der Waals surface area contributed by atoms with Crippen LogP contribution in [0.25, 0.3) is 0 Å². The summed E-state index contributed by atoms with van der Waals surface area (Å²) in [5.41, 5.74) is 0.411. The second-order valence-electron chi connectivity index (χ2n) is 3.36. The van der Waals surface area contributed by atoms with Crippen molar-refractivity contribution in [3.05, 3.63) is 29.8 Å².